The molecule has 5 nitrogen and oxygen atoms in total. The highest BCUT2D eigenvalue weighted by molar-refractivity contribution is 5.94. The van der Waals surface area contributed by atoms with Crippen molar-refractivity contribution in [2.75, 3.05) is 19.7 Å². The topological polar surface area (TPSA) is 55.6 Å². The number of ether oxygens (including phenoxy) is 1. The van der Waals surface area contributed by atoms with Gasteiger partial charge in [-0.15, -0.1) is 0 Å². The highest BCUT2D eigenvalue weighted by Crippen LogP contribution is 2.22. The molecule has 134 valence electrons. The molecule has 1 aromatic carbocycles. The minimum atomic E-state index is 0.0322. The van der Waals surface area contributed by atoms with E-state index in [4.69, 9.17) is 9.26 Å². The minimum absolute atomic E-state index is 0.0322. The van der Waals surface area contributed by atoms with E-state index in [9.17, 15) is 4.79 Å². The number of piperidine rings is 1. The molecular formula is C20H26N2O3. The molecule has 0 aliphatic carbocycles. The van der Waals surface area contributed by atoms with Gasteiger partial charge in [0.05, 0.1) is 12.8 Å². The lowest BCUT2D eigenvalue weighted by Gasteiger charge is -2.32. The van der Waals surface area contributed by atoms with Gasteiger partial charge in [0.25, 0.3) is 5.91 Å². The van der Waals surface area contributed by atoms with Crippen molar-refractivity contribution in [2.45, 2.75) is 39.5 Å². The van der Waals surface area contributed by atoms with Crippen molar-refractivity contribution in [1.82, 2.24) is 10.1 Å². The molecular weight excluding hydrogens is 316 g/mol. The van der Waals surface area contributed by atoms with Crippen molar-refractivity contribution >= 4 is 5.91 Å². The number of rotatable bonds is 6. The second-order valence-corrected chi connectivity index (χ2v) is 6.80. The van der Waals surface area contributed by atoms with Gasteiger partial charge in [0.15, 0.2) is 0 Å². The maximum absolute atomic E-state index is 12.8. The van der Waals surface area contributed by atoms with Gasteiger partial charge in [0.2, 0.25) is 0 Å². The number of aromatic nitrogens is 1. The van der Waals surface area contributed by atoms with Gasteiger partial charge in [-0.25, -0.2) is 0 Å². The van der Waals surface area contributed by atoms with Crippen LogP contribution in [0.4, 0.5) is 0 Å². The zero-order valence-electron chi connectivity index (χ0n) is 15.0. The Hall–Kier alpha value is -2.30. The largest absolute Gasteiger partial charge is 0.493 e. The van der Waals surface area contributed by atoms with Gasteiger partial charge in [-0.2, -0.15) is 0 Å². The van der Waals surface area contributed by atoms with Crippen molar-refractivity contribution in [1.29, 1.82) is 0 Å². The molecule has 0 saturated carbocycles. The highest BCUT2D eigenvalue weighted by Gasteiger charge is 2.27. The molecule has 0 unspecified atom stereocenters. The molecule has 1 atom stereocenters. The quantitative estimate of drug-likeness (QED) is 0.800. The summed E-state index contributed by atoms with van der Waals surface area (Å²) < 4.78 is 11.1. The molecule has 1 saturated heterocycles. The van der Waals surface area contributed by atoms with E-state index < -0.39 is 0 Å². The van der Waals surface area contributed by atoms with Gasteiger partial charge in [-0.3, -0.25) is 4.79 Å². The molecule has 5 heteroatoms. The van der Waals surface area contributed by atoms with Crippen LogP contribution < -0.4 is 4.74 Å². The summed E-state index contributed by atoms with van der Waals surface area (Å²) in [6.45, 7) is 6.28. The molecule has 0 radical (unpaired) electrons. The van der Waals surface area contributed by atoms with E-state index in [2.05, 4.69) is 19.0 Å². The number of aryl methyl sites for hydroxylation is 2. The fourth-order valence-electron chi connectivity index (χ4n) is 3.25. The maximum atomic E-state index is 12.8. The Morgan fingerprint density at radius 2 is 2.16 bits per heavy atom. The molecule has 0 N–H and O–H groups in total. The summed E-state index contributed by atoms with van der Waals surface area (Å²) in [7, 11) is 0. The number of hydrogen-bond donors (Lipinski definition) is 0. The fraction of sp³-hybridized carbons (Fsp3) is 0.500. The molecule has 1 amide bonds. The van der Waals surface area contributed by atoms with Crippen LogP contribution in [-0.2, 0) is 6.42 Å². The van der Waals surface area contributed by atoms with Crippen LogP contribution >= 0.6 is 0 Å². The first-order valence-corrected chi connectivity index (χ1v) is 9.09. The first kappa shape index (κ1) is 17.5. The van der Waals surface area contributed by atoms with Crippen LogP contribution in [0.2, 0.25) is 0 Å². The smallest absolute Gasteiger partial charge is 0.259 e. The summed E-state index contributed by atoms with van der Waals surface area (Å²) in [4.78, 5) is 14.7. The average molecular weight is 342 g/mol. The zero-order chi connectivity index (χ0) is 17.6. The van der Waals surface area contributed by atoms with Gasteiger partial charge in [-0.1, -0.05) is 29.8 Å². The molecule has 1 aliphatic heterocycles. The third-order valence-corrected chi connectivity index (χ3v) is 4.67. The van der Waals surface area contributed by atoms with Gasteiger partial charge in [0.1, 0.15) is 17.1 Å². The lowest BCUT2D eigenvalue weighted by atomic mass is 9.98. The normalized spacial score (nSPS) is 17.5. The standard InChI is InChI=1S/C20H26N2O3/c1-3-5-19-18(12-21-25-19)20(23)22-11-4-6-16(13-22)14-24-17-9-7-15(2)8-10-17/h7-10,12,16H,3-6,11,13-14H2,1-2H3/t16-/m1/s1. The van der Waals surface area contributed by atoms with Crippen molar-refractivity contribution < 1.29 is 14.1 Å². The Labute approximate surface area is 148 Å². The number of nitrogens with zero attached hydrogens (tertiary/aromatic N) is 2. The van der Waals surface area contributed by atoms with Crippen LogP contribution in [0.1, 0.15) is 47.9 Å². The Bertz CT molecular complexity index is 693. The summed E-state index contributed by atoms with van der Waals surface area (Å²) in [6.07, 6.45) is 5.32. The number of hydrogen-bond acceptors (Lipinski definition) is 4. The SMILES string of the molecule is CCCc1oncc1C(=O)N1CCC[C@@H](COc2ccc(C)cc2)C1. The van der Waals surface area contributed by atoms with Gasteiger partial charge < -0.3 is 14.2 Å². The minimum Gasteiger partial charge on any atom is -0.493 e. The molecule has 25 heavy (non-hydrogen) atoms. The van der Waals surface area contributed by atoms with Crippen LogP contribution in [0, 0.1) is 12.8 Å². The molecule has 1 aliphatic rings. The molecule has 1 aromatic heterocycles. The average Bonchev–Trinajstić information content (AvgIpc) is 3.09. The zero-order valence-corrected chi connectivity index (χ0v) is 15.0. The number of carbonyl (C=O) groups is 1. The van der Waals surface area contributed by atoms with Crippen molar-refractivity contribution in [2.24, 2.45) is 5.92 Å². The molecule has 0 spiro atoms. The second kappa shape index (κ2) is 8.19. The van der Waals surface area contributed by atoms with E-state index in [0.717, 1.165) is 44.5 Å². The number of benzene rings is 1. The predicted octanol–water partition coefficient (Wildman–Crippen LogP) is 3.87. The molecule has 3 rings (SSSR count). The molecule has 2 heterocycles. The number of likely N-dealkylation sites (tertiary alicyclic amines) is 1. The highest BCUT2D eigenvalue weighted by atomic mass is 16.5. The van der Waals surface area contributed by atoms with E-state index in [1.165, 1.54) is 5.56 Å². The predicted molar refractivity (Wildman–Crippen MR) is 95.8 cm³/mol. The lowest BCUT2D eigenvalue weighted by molar-refractivity contribution is 0.0631. The van der Waals surface area contributed by atoms with Crippen LogP contribution in [0.5, 0.6) is 5.75 Å². The maximum Gasteiger partial charge on any atom is 0.259 e. The van der Waals surface area contributed by atoms with Crippen molar-refractivity contribution in [3.05, 3.63) is 47.3 Å². The summed E-state index contributed by atoms with van der Waals surface area (Å²) in [5.74, 6) is 1.97. The Morgan fingerprint density at radius 3 is 2.92 bits per heavy atom. The summed E-state index contributed by atoms with van der Waals surface area (Å²) in [5.41, 5.74) is 1.83. The summed E-state index contributed by atoms with van der Waals surface area (Å²) in [6, 6.07) is 8.09. The third kappa shape index (κ3) is 4.41. The van der Waals surface area contributed by atoms with E-state index in [0.29, 0.717) is 23.8 Å². The first-order valence-electron chi connectivity index (χ1n) is 9.09. The van der Waals surface area contributed by atoms with Crippen LogP contribution in [0.3, 0.4) is 0 Å². The van der Waals surface area contributed by atoms with Gasteiger partial charge in [0, 0.05) is 25.4 Å². The molecule has 1 fully saturated rings. The number of carbonyl (C=O) groups excluding carboxylic acids is 1. The summed E-state index contributed by atoms with van der Waals surface area (Å²) >= 11 is 0. The van der Waals surface area contributed by atoms with Gasteiger partial charge in [-0.05, 0) is 38.3 Å². The van der Waals surface area contributed by atoms with Crippen LogP contribution in [-0.4, -0.2) is 35.7 Å². The van der Waals surface area contributed by atoms with E-state index in [1.807, 2.05) is 29.2 Å². The molecule has 2 aromatic rings. The Balaban J connectivity index is 1.57. The Morgan fingerprint density at radius 1 is 1.36 bits per heavy atom. The first-order chi connectivity index (χ1) is 12.2. The van der Waals surface area contributed by atoms with Gasteiger partial charge >= 0.3 is 0 Å². The van der Waals surface area contributed by atoms with E-state index in [-0.39, 0.29) is 5.91 Å². The lowest BCUT2D eigenvalue weighted by Crippen LogP contribution is -2.41. The summed E-state index contributed by atoms with van der Waals surface area (Å²) in [5, 5.41) is 3.81. The van der Waals surface area contributed by atoms with Crippen molar-refractivity contribution in [3.63, 3.8) is 0 Å². The fourth-order valence-corrected chi connectivity index (χ4v) is 3.25. The number of amides is 1. The van der Waals surface area contributed by atoms with Crippen LogP contribution in [0.25, 0.3) is 0 Å². The molecule has 0 bridgehead atoms. The van der Waals surface area contributed by atoms with E-state index in [1.54, 1.807) is 6.20 Å². The second-order valence-electron chi connectivity index (χ2n) is 6.80. The van der Waals surface area contributed by atoms with E-state index >= 15 is 0 Å². The van der Waals surface area contributed by atoms with Crippen LogP contribution in [0.15, 0.2) is 35.0 Å². The Kier molecular flexibility index (Phi) is 5.74. The third-order valence-electron chi connectivity index (χ3n) is 4.67. The van der Waals surface area contributed by atoms with Crippen molar-refractivity contribution in [3.8, 4) is 5.75 Å². The monoisotopic (exact) mass is 342 g/mol.